The molecular formula is C16H18N2O2Y+2. The number of rotatable bonds is 4. The molecule has 0 unspecified atom stereocenters. The summed E-state index contributed by atoms with van der Waals surface area (Å²) in [4.78, 5) is 11.3. The molecule has 2 aromatic rings. The van der Waals surface area contributed by atoms with Crippen LogP contribution in [0, 0.1) is 0 Å². The van der Waals surface area contributed by atoms with E-state index >= 15 is 0 Å². The van der Waals surface area contributed by atoms with Gasteiger partial charge in [0.2, 0.25) is 0 Å². The molecule has 2 heterocycles. The predicted octanol–water partition coefficient (Wildman–Crippen LogP) is 1.54. The number of nitrogens with zero attached hydrogens (tertiary/aromatic N) is 2. The Kier molecular flexibility index (Phi) is 6.86. The van der Waals surface area contributed by atoms with Gasteiger partial charge >= 0.3 is 5.97 Å². The Labute approximate surface area is 150 Å². The van der Waals surface area contributed by atoms with Gasteiger partial charge in [0.05, 0.1) is 0 Å². The fraction of sp³-hybridized carbons (Fsp3) is 0.188. The minimum Gasteiger partial charge on any atom is -0.401 e. The summed E-state index contributed by atoms with van der Waals surface area (Å²) >= 11 is 0. The first kappa shape index (κ1) is 17.7. The number of carbonyl (C=O) groups excluding carboxylic acids is 1. The van der Waals surface area contributed by atoms with E-state index in [9.17, 15) is 4.79 Å². The first-order valence-electron chi connectivity index (χ1n) is 6.33. The van der Waals surface area contributed by atoms with E-state index < -0.39 is 0 Å². The van der Waals surface area contributed by atoms with Gasteiger partial charge in [-0.25, -0.2) is 9.36 Å². The summed E-state index contributed by atoms with van der Waals surface area (Å²) in [7, 11) is 1.98. The number of carbonyl (C=O) groups is 1. The van der Waals surface area contributed by atoms with Crippen LogP contribution < -0.4 is 9.13 Å². The second-order valence-electron chi connectivity index (χ2n) is 4.69. The van der Waals surface area contributed by atoms with Crippen LogP contribution >= 0.6 is 0 Å². The van der Waals surface area contributed by atoms with Crippen LogP contribution in [-0.2, 0) is 56.0 Å². The van der Waals surface area contributed by atoms with Crippen LogP contribution in [0.25, 0.3) is 11.1 Å². The van der Waals surface area contributed by atoms with E-state index in [0.29, 0.717) is 5.57 Å². The summed E-state index contributed by atoms with van der Waals surface area (Å²) in [6.45, 7) is 5.36. The molecule has 0 atom stereocenters. The number of aromatic nitrogens is 2. The van der Waals surface area contributed by atoms with Gasteiger partial charge in [-0.05, 0) is 18.1 Å². The maximum Gasteiger partial charge on any atom is 0.337 e. The fourth-order valence-electron chi connectivity index (χ4n) is 1.69. The van der Waals surface area contributed by atoms with Crippen LogP contribution in [0.4, 0.5) is 0 Å². The smallest absolute Gasteiger partial charge is 0.337 e. The quantitative estimate of drug-likeness (QED) is 0.472. The van der Waals surface area contributed by atoms with E-state index in [2.05, 4.69) is 18.7 Å². The number of ether oxygens (including phenoxy) is 1. The number of hydrogen-bond acceptors (Lipinski definition) is 2. The van der Waals surface area contributed by atoms with Crippen LogP contribution in [-0.4, -0.2) is 5.97 Å². The molecule has 0 N–H and O–H groups in total. The number of pyridine rings is 2. The Balaban J connectivity index is 0.00000220. The normalized spacial score (nSPS) is 9.62. The molecule has 0 aliphatic rings. The van der Waals surface area contributed by atoms with Gasteiger partial charge in [0.15, 0.2) is 24.8 Å². The average molecular weight is 359 g/mol. The minimum absolute atomic E-state index is 0. The second-order valence-corrected chi connectivity index (χ2v) is 4.69. The third kappa shape index (κ3) is 5.14. The monoisotopic (exact) mass is 359 g/mol. The summed E-state index contributed by atoms with van der Waals surface area (Å²) < 4.78 is 8.86. The Morgan fingerprint density at radius 2 is 1.57 bits per heavy atom. The molecule has 105 valence electrons. The van der Waals surface area contributed by atoms with Crippen LogP contribution in [0.3, 0.4) is 0 Å². The molecule has 0 bridgehead atoms. The molecule has 0 amide bonds. The fourth-order valence-corrected chi connectivity index (χ4v) is 1.69. The van der Waals surface area contributed by atoms with Crippen LogP contribution in [0.5, 0.6) is 0 Å². The number of aryl methyl sites for hydroxylation is 1. The van der Waals surface area contributed by atoms with Crippen molar-refractivity contribution in [3.8, 4) is 11.1 Å². The van der Waals surface area contributed by atoms with E-state index in [4.69, 9.17) is 4.74 Å². The van der Waals surface area contributed by atoms with Crippen LogP contribution in [0.2, 0.25) is 0 Å². The van der Waals surface area contributed by atoms with Gasteiger partial charge < -0.3 is 4.74 Å². The third-order valence-electron chi connectivity index (χ3n) is 2.90. The van der Waals surface area contributed by atoms with E-state index in [1.807, 2.05) is 48.5 Å². The topological polar surface area (TPSA) is 34.1 Å². The molecule has 0 saturated heterocycles. The molecular weight excluding hydrogens is 341 g/mol. The SMILES string of the molecule is C=C(C)C(=O)OC[n+]1ccc(-c2cc[n+](C)cc2)cc1.[Y]. The van der Waals surface area contributed by atoms with Crippen molar-refractivity contribution in [1.29, 1.82) is 0 Å². The molecule has 1 radical (unpaired) electrons. The first-order chi connectivity index (χ1) is 9.56. The van der Waals surface area contributed by atoms with Crippen molar-refractivity contribution < 1.29 is 51.4 Å². The van der Waals surface area contributed by atoms with E-state index in [-0.39, 0.29) is 45.4 Å². The summed E-state index contributed by atoms with van der Waals surface area (Å²) in [6.07, 6.45) is 7.78. The maximum absolute atomic E-state index is 11.3. The number of hydrogen-bond donors (Lipinski definition) is 0. The first-order valence-corrected chi connectivity index (χ1v) is 6.33. The summed E-state index contributed by atoms with van der Waals surface area (Å²) in [5.74, 6) is -0.378. The van der Waals surface area contributed by atoms with Gasteiger partial charge in [-0.15, -0.1) is 0 Å². The summed E-state index contributed by atoms with van der Waals surface area (Å²) in [5.41, 5.74) is 2.67. The zero-order chi connectivity index (χ0) is 14.5. The molecule has 0 aliphatic heterocycles. The van der Waals surface area contributed by atoms with Gasteiger partial charge in [-0.3, -0.25) is 0 Å². The van der Waals surface area contributed by atoms with E-state index in [0.717, 1.165) is 11.1 Å². The molecule has 0 saturated carbocycles. The largest absolute Gasteiger partial charge is 0.401 e. The van der Waals surface area contributed by atoms with Crippen molar-refractivity contribution in [2.24, 2.45) is 7.05 Å². The van der Waals surface area contributed by atoms with Crippen LogP contribution in [0.1, 0.15) is 6.92 Å². The van der Waals surface area contributed by atoms with Crippen molar-refractivity contribution in [1.82, 2.24) is 0 Å². The predicted molar refractivity (Wildman–Crippen MR) is 74.2 cm³/mol. The minimum atomic E-state index is -0.378. The summed E-state index contributed by atoms with van der Waals surface area (Å²) in [5, 5.41) is 0. The molecule has 4 nitrogen and oxygen atoms in total. The van der Waals surface area contributed by atoms with Gasteiger partial charge in [-0.1, -0.05) is 6.58 Å². The van der Waals surface area contributed by atoms with Crippen LogP contribution in [0.15, 0.2) is 61.2 Å². The number of esters is 1. The molecule has 5 heteroatoms. The third-order valence-corrected chi connectivity index (χ3v) is 2.90. The van der Waals surface area contributed by atoms with Gasteiger partial charge in [0, 0.05) is 62.5 Å². The Bertz CT molecular complexity index is 622. The molecule has 21 heavy (non-hydrogen) atoms. The maximum atomic E-state index is 11.3. The van der Waals surface area contributed by atoms with Crippen molar-refractivity contribution in [3.05, 3.63) is 61.2 Å². The molecule has 0 aliphatic carbocycles. The standard InChI is InChI=1S/C16H18N2O2.Y/c1-13(2)16(19)20-12-18-10-6-15(7-11-18)14-4-8-17(3)9-5-14;/h4-11H,1,12H2,2-3H3;/q+2;. The van der Waals surface area contributed by atoms with Gasteiger partial charge in [-0.2, -0.15) is 4.57 Å². The second kappa shape index (κ2) is 8.15. The Morgan fingerprint density at radius 1 is 1.10 bits per heavy atom. The zero-order valence-corrected chi connectivity index (χ0v) is 15.2. The van der Waals surface area contributed by atoms with Gasteiger partial charge in [0.25, 0.3) is 6.73 Å². The molecule has 2 rings (SSSR count). The molecule has 2 aromatic heterocycles. The Hall–Kier alpha value is -1.39. The van der Waals surface area contributed by atoms with Crippen molar-refractivity contribution in [2.45, 2.75) is 13.7 Å². The molecule has 0 aromatic carbocycles. The van der Waals surface area contributed by atoms with Gasteiger partial charge in [0.1, 0.15) is 7.05 Å². The summed E-state index contributed by atoms with van der Waals surface area (Å²) in [6, 6.07) is 8.09. The van der Waals surface area contributed by atoms with E-state index in [1.54, 1.807) is 11.5 Å². The van der Waals surface area contributed by atoms with E-state index in [1.165, 1.54) is 0 Å². The van der Waals surface area contributed by atoms with Crippen molar-refractivity contribution in [3.63, 3.8) is 0 Å². The Morgan fingerprint density at radius 3 is 2.05 bits per heavy atom. The zero-order valence-electron chi connectivity index (χ0n) is 12.3. The molecule has 0 fully saturated rings. The molecule has 0 spiro atoms. The van der Waals surface area contributed by atoms with Crippen molar-refractivity contribution >= 4 is 5.97 Å². The average Bonchev–Trinajstić information content (AvgIpc) is 2.46. The van der Waals surface area contributed by atoms with Crippen molar-refractivity contribution in [2.75, 3.05) is 0 Å².